The lowest BCUT2D eigenvalue weighted by molar-refractivity contribution is -0.142. The normalized spacial score (nSPS) is 19.8. The van der Waals surface area contributed by atoms with Crippen molar-refractivity contribution in [3.63, 3.8) is 0 Å². The third-order valence-electron chi connectivity index (χ3n) is 5.44. The predicted molar refractivity (Wildman–Crippen MR) is 112 cm³/mol. The van der Waals surface area contributed by atoms with Gasteiger partial charge in [-0.15, -0.1) is 0 Å². The number of rotatable bonds is 6. The third-order valence-corrected chi connectivity index (χ3v) is 5.44. The van der Waals surface area contributed by atoms with E-state index in [1.54, 1.807) is 0 Å². The molecule has 0 radical (unpaired) electrons. The van der Waals surface area contributed by atoms with Crippen LogP contribution in [0.15, 0.2) is 48.5 Å². The molecule has 1 atom stereocenters. The second-order valence-corrected chi connectivity index (χ2v) is 7.63. The fourth-order valence-electron chi connectivity index (χ4n) is 3.67. The molecule has 1 unspecified atom stereocenters. The van der Waals surface area contributed by atoms with Gasteiger partial charge in [-0.3, -0.25) is 4.79 Å². The predicted octanol–water partition coefficient (Wildman–Crippen LogP) is 4.90. The zero-order valence-electron chi connectivity index (χ0n) is 16.9. The minimum Gasteiger partial charge on any atom is -0.486 e. The number of nitrogens with one attached hydrogen (secondary N) is 2. The first-order chi connectivity index (χ1) is 13.9. The van der Waals surface area contributed by atoms with Crippen molar-refractivity contribution in [2.75, 3.05) is 5.32 Å². The van der Waals surface area contributed by atoms with Crippen LogP contribution in [0.25, 0.3) is 0 Å². The lowest BCUT2D eigenvalue weighted by atomic mass is 9.86. The molecule has 0 aromatic heterocycles. The van der Waals surface area contributed by atoms with Crippen LogP contribution in [0.5, 0.6) is 5.75 Å². The largest absolute Gasteiger partial charge is 0.486 e. The maximum absolute atomic E-state index is 12.3. The lowest BCUT2D eigenvalue weighted by Gasteiger charge is -2.27. The van der Waals surface area contributed by atoms with E-state index in [2.05, 4.69) is 10.6 Å². The van der Waals surface area contributed by atoms with Crippen molar-refractivity contribution in [3.8, 4) is 5.75 Å². The summed E-state index contributed by atoms with van der Waals surface area (Å²) >= 11 is 0. The quantitative estimate of drug-likeness (QED) is 0.648. The van der Waals surface area contributed by atoms with Crippen LogP contribution in [-0.2, 0) is 4.79 Å². The Morgan fingerprint density at radius 3 is 2.38 bits per heavy atom. The number of ether oxygens (including phenoxy) is 1. The number of benzene rings is 2. The highest BCUT2D eigenvalue weighted by Crippen LogP contribution is 2.27. The molecule has 0 aliphatic heterocycles. The van der Waals surface area contributed by atoms with Crippen molar-refractivity contribution in [1.29, 1.82) is 0 Å². The number of urea groups is 1. The number of aryl methyl sites for hydroxylation is 1. The summed E-state index contributed by atoms with van der Waals surface area (Å²) in [5.41, 5.74) is 2.73. The minimum absolute atomic E-state index is 0.0141. The number of carboxylic acid groups (broad SMARTS) is 1. The van der Waals surface area contributed by atoms with Gasteiger partial charge in [-0.1, -0.05) is 30.3 Å². The van der Waals surface area contributed by atoms with Gasteiger partial charge in [-0.25, -0.2) is 4.79 Å². The molecule has 1 saturated carbocycles. The Morgan fingerprint density at radius 2 is 1.76 bits per heavy atom. The van der Waals surface area contributed by atoms with Gasteiger partial charge in [0.25, 0.3) is 0 Å². The minimum atomic E-state index is -0.743. The fourth-order valence-corrected chi connectivity index (χ4v) is 3.67. The fraction of sp³-hybridized carbons (Fsp3) is 0.391. The number of carboxylic acids is 1. The number of anilines is 1. The van der Waals surface area contributed by atoms with Crippen LogP contribution in [0, 0.1) is 12.8 Å². The lowest BCUT2D eigenvalue weighted by Crippen LogP contribution is -2.41. The summed E-state index contributed by atoms with van der Waals surface area (Å²) in [6, 6.07) is 15.3. The van der Waals surface area contributed by atoms with Crippen molar-refractivity contribution < 1.29 is 19.4 Å². The summed E-state index contributed by atoms with van der Waals surface area (Å²) in [5, 5.41) is 14.9. The Kier molecular flexibility index (Phi) is 6.75. The van der Waals surface area contributed by atoms with Crippen LogP contribution in [0.4, 0.5) is 10.5 Å². The van der Waals surface area contributed by atoms with E-state index in [1.165, 1.54) is 0 Å². The number of hydrogen-bond donors (Lipinski definition) is 3. The van der Waals surface area contributed by atoms with E-state index in [-0.39, 0.29) is 24.1 Å². The summed E-state index contributed by atoms with van der Waals surface area (Å²) in [6.07, 6.45) is 2.51. The summed E-state index contributed by atoms with van der Waals surface area (Å²) in [5.74, 6) is -0.284. The van der Waals surface area contributed by atoms with Crippen molar-refractivity contribution in [2.45, 2.75) is 51.7 Å². The summed E-state index contributed by atoms with van der Waals surface area (Å²) in [7, 11) is 0. The van der Waals surface area contributed by atoms with E-state index in [0.29, 0.717) is 25.7 Å². The van der Waals surface area contributed by atoms with Crippen LogP contribution < -0.4 is 15.4 Å². The number of carbonyl (C=O) groups is 2. The Labute approximate surface area is 171 Å². The molecule has 0 spiro atoms. The van der Waals surface area contributed by atoms with Gasteiger partial charge in [-0.2, -0.15) is 0 Å². The van der Waals surface area contributed by atoms with Gasteiger partial charge in [0, 0.05) is 11.7 Å². The maximum atomic E-state index is 12.3. The van der Waals surface area contributed by atoms with E-state index in [4.69, 9.17) is 9.84 Å². The SMILES string of the molecule is Cc1cc(OC(C)c2ccccc2)ccc1NC(=O)NC1CCC(C(=O)O)CC1. The molecule has 6 heteroatoms. The monoisotopic (exact) mass is 396 g/mol. The van der Waals surface area contributed by atoms with Gasteiger partial charge in [0.15, 0.2) is 0 Å². The first-order valence-electron chi connectivity index (χ1n) is 10.0. The maximum Gasteiger partial charge on any atom is 0.319 e. The molecule has 0 saturated heterocycles. The van der Waals surface area contributed by atoms with E-state index >= 15 is 0 Å². The van der Waals surface area contributed by atoms with Crippen molar-refractivity contribution in [1.82, 2.24) is 5.32 Å². The van der Waals surface area contributed by atoms with Crippen LogP contribution in [0.1, 0.15) is 49.8 Å². The average molecular weight is 396 g/mol. The molecule has 2 aromatic rings. The van der Waals surface area contributed by atoms with Gasteiger partial charge in [0.05, 0.1) is 5.92 Å². The molecule has 0 bridgehead atoms. The topological polar surface area (TPSA) is 87.7 Å². The highest BCUT2D eigenvalue weighted by Gasteiger charge is 2.26. The molecule has 0 heterocycles. The second-order valence-electron chi connectivity index (χ2n) is 7.63. The molecule has 6 nitrogen and oxygen atoms in total. The van der Waals surface area contributed by atoms with E-state index in [9.17, 15) is 9.59 Å². The Hall–Kier alpha value is -3.02. The first-order valence-corrected chi connectivity index (χ1v) is 10.0. The average Bonchev–Trinajstić information content (AvgIpc) is 2.71. The van der Waals surface area contributed by atoms with Gasteiger partial charge in [0.2, 0.25) is 0 Å². The van der Waals surface area contributed by atoms with Crippen LogP contribution in [-0.4, -0.2) is 23.1 Å². The Balaban J connectivity index is 1.52. The Bertz CT molecular complexity index is 845. The van der Waals surface area contributed by atoms with Crippen molar-refractivity contribution >= 4 is 17.7 Å². The first kappa shape index (κ1) is 20.7. The zero-order valence-corrected chi connectivity index (χ0v) is 16.9. The van der Waals surface area contributed by atoms with Crippen LogP contribution in [0.2, 0.25) is 0 Å². The van der Waals surface area contributed by atoms with Gasteiger partial charge in [0.1, 0.15) is 11.9 Å². The molecule has 154 valence electrons. The summed E-state index contributed by atoms with van der Waals surface area (Å²) in [6.45, 7) is 3.93. The molecule has 3 N–H and O–H groups in total. The summed E-state index contributed by atoms with van der Waals surface area (Å²) in [4.78, 5) is 23.4. The molecule has 2 aromatic carbocycles. The number of amides is 2. The van der Waals surface area contributed by atoms with Crippen molar-refractivity contribution in [3.05, 3.63) is 59.7 Å². The smallest absolute Gasteiger partial charge is 0.319 e. The number of carbonyl (C=O) groups excluding carboxylic acids is 1. The number of hydrogen-bond acceptors (Lipinski definition) is 3. The van der Waals surface area contributed by atoms with Crippen molar-refractivity contribution in [2.24, 2.45) is 5.92 Å². The molecule has 1 aliphatic carbocycles. The molecule has 3 rings (SSSR count). The highest BCUT2D eigenvalue weighted by molar-refractivity contribution is 5.90. The molecule has 2 amide bonds. The van der Waals surface area contributed by atoms with Gasteiger partial charge >= 0.3 is 12.0 Å². The van der Waals surface area contributed by atoms with Crippen LogP contribution >= 0.6 is 0 Å². The third kappa shape index (κ3) is 5.73. The number of aliphatic carboxylic acids is 1. The molecular formula is C23H28N2O4. The Morgan fingerprint density at radius 1 is 1.07 bits per heavy atom. The molecule has 1 aliphatic rings. The molecular weight excluding hydrogens is 368 g/mol. The second kappa shape index (κ2) is 9.45. The standard InChI is InChI=1S/C23H28N2O4/c1-15-14-20(29-16(2)17-6-4-3-5-7-17)12-13-21(15)25-23(28)24-19-10-8-18(9-11-19)22(26)27/h3-7,12-14,16,18-19H,8-11H2,1-2H3,(H,26,27)(H2,24,25,28). The van der Waals surface area contributed by atoms with Gasteiger partial charge in [-0.05, 0) is 68.9 Å². The summed E-state index contributed by atoms with van der Waals surface area (Å²) < 4.78 is 6.02. The van der Waals surface area contributed by atoms with Crippen LogP contribution in [0.3, 0.4) is 0 Å². The molecule has 29 heavy (non-hydrogen) atoms. The molecule has 1 fully saturated rings. The highest BCUT2D eigenvalue weighted by atomic mass is 16.5. The van der Waals surface area contributed by atoms with Gasteiger partial charge < -0.3 is 20.5 Å². The van der Waals surface area contributed by atoms with E-state index in [1.807, 2.05) is 62.4 Å². The van der Waals surface area contributed by atoms with E-state index < -0.39 is 5.97 Å². The van der Waals surface area contributed by atoms with E-state index in [0.717, 1.165) is 22.6 Å². The zero-order chi connectivity index (χ0) is 20.8.